The fourth-order valence-electron chi connectivity index (χ4n) is 2.49. The van der Waals surface area contributed by atoms with Gasteiger partial charge in [-0.25, -0.2) is 0 Å². The SMILES string of the molecule is COCCN1C(=O)S/C(=C/c2ccc(OCc3ccc(Cl)cc3Cl)cc2)C1=O. The van der Waals surface area contributed by atoms with Gasteiger partial charge in [-0.05, 0) is 47.7 Å². The number of imide groups is 1. The van der Waals surface area contributed by atoms with Gasteiger partial charge in [0.1, 0.15) is 12.4 Å². The van der Waals surface area contributed by atoms with Gasteiger partial charge in [-0.2, -0.15) is 0 Å². The van der Waals surface area contributed by atoms with Crippen LogP contribution in [-0.4, -0.2) is 36.3 Å². The Hall–Kier alpha value is -1.99. The van der Waals surface area contributed by atoms with Gasteiger partial charge in [0, 0.05) is 22.7 Å². The van der Waals surface area contributed by atoms with Gasteiger partial charge in [0.2, 0.25) is 0 Å². The monoisotopic (exact) mass is 437 g/mol. The van der Waals surface area contributed by atoms with Gasteiger partial charge >= 0.3 is 0 Å². The Balaban J connectivity index is 1.63. The van der Waals surface area contributed by atoms with Crippen LogP contribution >= 0.6 is 35.0 Å². The molecule has 2 amide bonds. The molecule has 1 saturated heterocycles. The van der Waals surface area contributed by atoms with Gasteiger partial charge in [-0.1, -0.05) is 41.4 Å². The van der Waals surface area contributed by atoms with Crippen molar-refractivity contribution in [3.63, 3.8) is 0 Å². The second-order valence-corrected chi connectivity index (χ2v) is 7.76. The highest BCUT2D eigenvalue weighted by molar-refractivity contribution is 8.18. The molecule has 0 bridgehead atoms. The lowest BCUT2D eigenvalue weighted by molar-refractivity contribution is -0.123. The number of amides is 2. The maximum absolute atomic E-state index is 12.3. The predicted molar refractivity (Wildman–Crippen MR) is 112 cm³/mol. The molecule has 0 unspecified atom stereocenters. The molecule has 5 nitrogen and oxygen atoms in total. The predicted octanol–water partition coefficient (Wildman–Crippen LogP) is 5.26. The van der Waals surface area contributed by atoms with Gasteiger partial charge in [0.15, 0.2) is 0 Å². The maximum Gasteiger partial charge on any atom is 0.293 e. The van der Waals surface area contributed by atoms with E-state index in [9.17, 15) is 9.59 Å². The van der Waals surface area contributed by atoms with Crippen molar-refractivity contribution in [2.24, 2.45) is 0 Å². The molecule has 28 heavy (non-hydrogen) atoms. The third-order valence-electron chi connectivity index (χ3n) is 3.98. The van der Waals surface area contributed by atoms with Gasteiger partial charge in [-0.15, -0.1) is 0 Å². The Bertz CT molecular complexity index is 915. The molecule has 0 atom stereocenters. The normalized spacial score (nSPS) is 15.5. The zero-order valence-electron chi connectivity index (χ0n) is 15.0. The molecule has 146 valence electrons. The summed E-state index contributed by atoms with van der Waals surface area (Å²) < 4.78 is 10.7. The zero-order valence-corrected chi connectivity index (χ0v) is 17.3. The summed E-state index contributed by atoms with van der Waals surface area (Å²) in [6.07, 6.45) is 1.69. The minimum absolute atomic E-state index is 0.249. The Morgan fingerprint density at radius 2 is 1.86 bits per heavy atom. The van der Waals surface area contributed by atoms with E-state index < -0.39 is 0 Å². The van der Waals surface area contributed by atoms with Crippen LogP contribution in [-0.2, 0) is 16.1 Å². The summed E-state index contributed by atoms with van der Waals surface area (Å²) >= 11 is 13.0. The number of carbonyl (C=O) groups is 2. The standard InChI is InChI=1S/C20H17Cl2NO4S/c1-26-9-8-23-19(24)18(28-20(23)25)10-13-2-6-16(7-3-13)27-12-14-4-5-15(21)11-17(14)22/h2-7,10-11H,8-9,12H2,1H3/b18-10+. The van der Waals surface area contributed by atoms with Crippen molar-refractivity contribution in [3.8, 4) is 5.75 Å². The van der Waals surface area contributed by atoms with Gasteiger partial charge in [0.05, 0.1) is 18.1 Å². The van der Waals surface area contributed by atoms with Crippen LogP contribution < -0.4 is 4.74 Å². The van der Waals surface area contributed by atoms with Crippen molar-refractivity contribution in [2.75, 3.05) is 20.3 Å². The van der Waals surface area contributed by atoms with E-state index in [0.717, 1.165) is 22.9 Å². The molecule has 0 saturated carbocycles. The first-order chi connectivity index (χ1) is 13.5. The second kappa shape index (κ2) is 9.47. The summed E-state index contributed by atoms with van der Waals surface area (Å²) in [6, 6.07) is 12.5. The highest BCUT2D eigenvalue weighted by Crippen LogP contribution is 2.32. The number of nitrogens with zero attached hydrogens (tertiary/aromatic N) is 1. The summed E-state index contributed by atoms with van der Waals surface area (Å²) in [5, 5.41) is 0.839. The van der Waals surface area contributed by atoms with Crippen molar-refractivity contribution >= 4 is 52.2 Å². The third kappa shape index (κ3) is 5.08. The van der Waals surface area contributed by atoms with E-state index in [1.54, 1.807) is 30.3 Å². The van der Waals surface area contributed by atoms with Crippen LogP contribution in [0.5, 0.6) is 5.75 Å². The highest BCUT2D eigenvalue weighted by atomic mass is 35.5. The van der Waals surface area contributed by atoms with Crippen LogP contribution in [0.15, 0.2) is 47.4 Å². The van der Waals surface area contributed by atoms with Gasteiger partial charge in [0.25, 0.3) is 11.1 Å². The minimum Gasteiger partial charge on any atom is -0.489 e. The van der Waals surface area contributed by atoms with Crippen LogP contribution in [0.1, 0.15) is 11.1 Å². The number of rotatable bonds is 7. The molecule has 1 heterocycles. The van der Waals surface area contributed by atoms with E-state index in [0.29, 0.717) is 33.9 Å². The number of benzene rings is 2. The maximum atomic E-state index is 12.3. The summed E-state index contributed by atoms with van der Waals surface area (Å²) in [7, 11) is 1.53. The van der Waals surface area contributed by atoms with E-state index in [1.807, 2.05) is 18.2 Å². The fraction of sp³-hybridized carbons (Fsp3) is 0.200. The molecule has 0 aromatic heterocycles. The summed E-state index contributed by atoms with van der Waals surface area (Å²) in [6.45, 7) is 0.876. The van der Waals surface area contributed by atoms with Crippen molar-refractivity contribution < 1.29 is 19.1 Å². The zero-order chi connectivity index (χ0) is 20.1. The van der Waals surface area contributed by atoms with E-state index in [2.05, 4.69) is 0 Å². The lowest BCUT2D eigenvalue weighted by Gasteiger charge is -2.10. The van der Waals surface area contributed by atoms with E-state index in [4.69, 9.17) is 32.7 Å². The molecule has 1 aliphatic rings. The van der Waals surface area contributed by atoms with Crippen molar-refractivity contribution in [1.29, 1.82) is 0 Å². The smallest absolute Gasteiger partial charge is 0.293 e. The number of ether oxygens (including phenoxy) is 2. The first-order valence-electron chi connectivity index (χ1n) is 8.39. The molecule has 1 fully saturated rings. The number of carbonyl (C=O) groups excluding carboxylic acids is 2. The lowest BCUT2D eigenvalue weighted by atomic mass is 10.2. The largest absolute Gasteiger partial charge is 0.489 e. The molecule has 2 aromatic carbocycles. The molecule has 3 rings (SSSR count). The Morgan fingerprint density at radius 1 is 1.11 bits per heavy atom. The average Bonchev–Trinajstić information content (AvgIpc) is 2.93. The first kappa shape index (κ1) is 20.7. The van der Waals surface area contributed by atoms with E-state index in [1.165, 1.54) is 12.0 Å². The topological polar surface area (TPSA) is 55.8 Å². The number of thioether (sulfide) groups is 1. The molecule has 0 radical (unpaired) electrons. The van der Waals surface area contributed by atoms with Crippen LogP contribution in [0.4, 0.5) is 4.79 Å². The molecule has 8 heteroatoms. The molecular formula is C20H17Cl2NO4S. The van der Waals surface area contributed by atoms with E-state index >= 15 is 0 Å². The van der Waals surface area contributed by atoms with Crippen LogP contribution in [0.25, 0.3) is 6.08 Å². The summed E-state index contributed by atoms with van der Waals surface area (Å²) in [5.41, 5.74) is 1.63. The quantitative estimate of drug-likeness (QED) is 0.553. The molecular weight excluding hydrogens is 421 g/mol. The second-order valence-electron chi connectivity index (χ2n) is 5.92. The van der Waals surface area contributed by atoms with Gasteiger partial charge < -0.3 is 9.47 Å². The lowest BCUT2D eigenvalue weighted by Crippen LogP contribution is -2.31. The first-order valence-corrected chi connectivity index (χ1v) is 9.96. The van der Waals surface area contributed by atoms with Crippen LogP contribution in [0, 0.1) is 0 Å². The van der Waals surface area contributed by atoms with Crippen LogP contribution in [0.2, 0.25) is 10.0 Å². The molecule has 0 N–H and O–H groups in total. The third-order valence-corrected chi connectivity index (χ3v) is 5.47. The molecule has 1 aliphatic heterocycles. The van der Waals surface area contributed by atoms with Crippen molar-refractivity contribution in [3.05, 3.63) is 68.5 Å². The molecule has 0 spiro atoms. The minimum atomic E-state index is -0.301. The average molecular weight is 438 g/mol. The number of halogens is 2. The van der Waals surface area contributed by atoms with Crippen molar-refractivity contribution in [2.45, 2.75) is 6.61 Å². The molecule has 0 aliphatic carbocycles. The Morgan fingerprint density at radius 3 is 2.54 bits per heavy atom. The van der Waals surface area contributed by atoms with Crippen LogP contribution in [0.3, 0.4) is 0 Å². The fourth-order valence-corrected chi connectivity index (χ4v) is 3.81. The summed E-state index contributed by atoms with van der Waals surface area (Å²) in [4.78, 5) is 25.8. The number of hydrogen-bond donors (Lipinski definition) is 0. The summed E-state index contributed by atoms with van der Waals surface area (Å²) in [5.74, 6) is 0.362. The highest BCUT2D eigenvalue weighted by Gasteiger charge is 2.34. The Kier molecular flexibility index (Phi) is 7.02. The van der Waals surface area contributed by atoms with Gasteiger partial charge in [-0.3, -0.25) is 14.5 Å². The van der Waals surface area contributed by atoms with Crippen molar-refractivity contribution in [1.82, 2.24) is 4.90 Å². The Labute approximate surface area is 177 Å². The number of hydrogen-bond acceptors (Lipinski definition) is 5. The number of methoxy groups -OCH3 is 1. The van der Waals surface area contributed by atoms with E-state index in [-0.39, 0.29) is 17.7 Å². The molecule has 2 aromatic rings.